The van der Waals surface area contributed by atoms with Crippen molar-refractivity contribution in [3.63, 3.8) is 0 Å². The third-order valence-electron chi connectivity index (χ3n) is 4.61. The molecule has 5 nitrogen and oxygen atoms in total. The number of hydrogen-bond acceptors (Lipinski definition) is 4. The smallest absolute Gasteiger partial charge is 0.248 e. The third kappa shape index (κ3) is 4.42. The van der Waals surface area contributed by atoms with E-state index < -0.39 is 0 Å². The van der Waals surface area contributed by atoms with E-state index in [4.69, 9.17) is 9.72 Å². The van der Waals surface area contributed by atoms with Crippen molar-refractivity contribution in [2.45, 2.75) is 32.6 Å². The monoisotopic (exact) mass is 339 g/mol. The number of ether oxygens (including phenoxy) is 1. The third-order valence-corrected chi connectivity index (χ3v) is 4.61. The van der Waals surface area contributed by atoms with Crippen LogP contribution in [0, 0.1) is 6.92 Å². The highest BCUT2D eigenvalue weighted by Gasteiger charge is 2.25. The predicted molar refractivity (Wildman–Crippen MR) is 97.3 cm³/mol. The van der Waals surface area contributed by atoms with Crippen molar-refractivity contribution in [3.8, 4) is 11.4 Å². The zero-order chi connectivity index (χ0) is 17.6. The number of benzene rings is 1. The topological polar surface area (TPSA) is 55.3 Å². The van der Waals surface area contributed by atoms with Crippen molar-refractivity contribution in [2.75, 3.05) is 26.3 Å². The van der Waals surface area contributed by atoms with E-state index in [-0.39, 0.29) is 18.4 Å². The van der Waals surface area contributed by atoms with E-state index in [1.165, 1.54) is 5.56 Å². The summed E-state index contributed by atoms with van der Waals surface area (Å²) in [6.07, 6.45) is 3.85. The van der Waals surface area contributed by atoms with Crippen LogP contribution in [-0.2, 0) is 9.53 Å². The molecule has 1 aliphatic heterocycles. The lowest BCUT2D eigenvalue weighted by Gasteiger charge is -2.32. The van der Waals surface area contributed by atoms with Gasteiger partial charge in [0.2, 0.25) is 5.91 Å². The van der Waals surface area contributed by atoms with Crippen LogP contribution in [0.4, 0.5) is 0 Å². The van der Waals surface area contributed by atoms with Crippen LogP contribution in [0.25, 0.3) is 11.4 Å². The SMILES string of the molecule is CCOCC(=O)N1CCC[C@H](c2ccnc(-c3ccc(C)cc3)n2)C1. The Labute approximate surface area is 149 Å². The average molecular weight is 339 g/mol. The van der Waals surface area contributed by atoms with Crippen molar-refractivity contribution in [3.05, 3.63) is 47.8 Å². The van der Waals surface area contributed by atoms with Gasteiger partial charge in [-0.3, -0.25) is 4.79 Å². The van der Waals surface area contributed by atoms with E-state index in [1.54, 1.807) is 0 Å². The molecular weight excluding hydrogens is 314 g/mol. The van der Waals surface area contributed by atoms with Crippen LogP contribution in [0.5, 0.6) is 0 Å². The Bertz CT molecular complexity index is 715. The number of piperidine rings is 1. The molecule has 1 atom stereocenters. The van der Waals surface area contributed by atoms with Crippen LogP contribution in [0.3, 0.4) is 0 Å². The number of aromatic nitrogens is 2. The normalized spacial score (nSPS) is 17.5. The molecule has 1 saturated heterocycles. The van der Waals surface area contributed by atoms with Gasteiger partial charge in [-0.25, -0.2) is 9.97 Å². The molecule has 0 saturated carbocycles. The summed E-state index contributed by atoms with van der Waals surface area (Å²) in [6, 6.07) is 10.2. The summed E-state index contributed by atoms with van der Waals surface area (Å²) < 4.78 is 5.26. The first-order valence-electron chi connectivity index (χ1n) is 8.93. The molecule has 0 radical (unpaired) electrons. The van der Waals surface area contributed by atoms with Crippen molar-refractivity contribution >= 4 is 5.91 Å². The number of hydrogen-bond donors (Lipinski definition) is 0. The van der Waals surface area contributed by atoms with Gasteiger partial charge in [-0.05, 0) is 32.8 Å². The minimum Gasteiger partial charge on any atom is -0.372 e. The first-order valence-corrected chi connectivity index (χ1v) is 8.93. The van der Waals surface area contributed by atoms with Gasteiger partial charge in [0.25, 0.3) is 0 Å². The van der Waals surface area contributed by atoms with E-state index in [9.17, 15) is 4.79 Å². The van der Waals surface area contributed by atoms with E-state index in [1.807, 2.05) is 36.2 Å². The lowest BCUT2D eigenvalue weighted by molar-refractivity contribution is -0.137. The number of rotatable bonds is 5. The van der Waals surface area contributed by atoms with Gasteiger partial charge in [0, 0.05) is 43.1 Å². The van der Waals surface area contributed by atoms with Crippen LogP contribution in [0.2, 0.25) is 0 Å². The fraction of sp³-hybridized carbons (Fsp3) is 0.450. The molecule has 2 aromatic rings. The highest BCUT2D eigenvalue weighted by atomic mass is 16.5. The largest absolute Gasteiger partial charge is 0.372 e. The molecule has 25 heavy (non-hydrogen) atoms. The minimum absolute atomic E-state index is 0.0689. The van der Waals surface area contributed by atoms with Gasteiger partial charge in [0.05, 0.1) is 0 Å². The molecule has 0 unspecified atom stereocenters. The van der Waals surface area contributed by atoms with Crippen LogP contribution in [-0.4, -0.2) is 47.1 Å². The van der Waals surface area contributed by atoms with Crippen LogP contribution in [0.15, 0.2) is 36.5 Å². The molecule has 2 heterocycles. The van der Waals surface area contributed by atoms with Crippen molar-refractivity contribution in [1.82, 2.24) is 14.9 Å². The van der Waals surface area contributed by atoms with Gasteiger partial charge in [-0.1, -0.05) is 29.8 Å². The Morgan fingerprint density at radius 1 is 1.28 bits per heavy atom. The van der Waals surface area contributed by atoms with Gasteiger partial charge in [0.15, 0.2) is 5.82 Å². The number of aryl methyl sites for hydroxylation is 1. The van der Waals surface area contributed by atoms with E-state index in [0.717, 1.165) is 36.5 Å². The summed E-state index contributed by atoms with van der Waals surface area (Å²) in [5, 5.41) is 0. The lowest BCUT2D eigenvalue weighted by atomic mass is 9.94. The second-order valence-electron chi connectivity index (χ2n) is 6.49. The zero-order valence-corrected chi connectivity index (χ0v) is 14.9. The van der Waals surface area contributed by atoms with Crippen molar-refractivity contribution in [2.24, 2.45) is 0 Å². The first kappa shape index (κ1) is 17.5. The summed E-state index contributed by atoms with van der Waals surface area (Å²) in [5.74, 6) is 1.07. The molecule has 3 rings (SSSR count). The second-order valence-corrected chi connectivity index (χ2v) is 6.49. The standard InChI is InChI=1S/C20H25N3O2/c1-3-25-14-19(24)23-12-4-5-17(13-23)18-10-11-21-20(22-18)16-8-6-15(2)7-9-16/h6-11,17H,3-5,12-14H2,1-2H3/t17-/m0/s1. The molecule has 0 bridgehead atoms. The van der Waals surface area contributed by atoms with Gasteiger partial charge >= 0.3 is 0 Å². The first-order chi connectivity index (χ1) is 12.2. The molecule has 1 aromatic heterocycles. The van der Waals surface area contributed by atoms with Gasteiger partial charge < -0.3 is 9.64 Å². The number of nitrogens with zero attached hydrogens (tertiary/aromatic N) is 3. The van der Waals surface area contributed by atoms with Gasteiger partial charge in [-0.15, -0.1) is 0 Å². The summed E-state index contributed by atoms with van der Waals surface area (Å²) in [6.45, 7) is 6.21. The Kier molecular flexibility index (Phi) is 5.76. The Morgan fingerprint density at radius 2 is 2.08 bits per heavy atom. The Hall–Kier alpha value is -2.27. The molecule has 1 aromatic carbocycles. The maximum Gasteiger partial charge on any atom is 0.248 e. The summed E-state index contributed by atoms with van der Waals surface area (Å²) in [4.78, 5) is 23.3. The molecule has 5 heteroatoms. The summed E-state index contributed by atoms with van der Waals surface area (Å²) in [5.41, 5.74) is 3.25. The number of carbonyl (C=O) groups is 1. The Morgan fingerprint density at radius 3 is 2.84 bits per heavy atom. The van der Waals surface area contributed by atoms with E-state index in [0.29, 0.717) is 13.2 Å². The van der Waals surface area contributed by atoms with Crippen molar-refractivity contribution in [1.29, 1.82) is 0 Å². The molecule has 1 aliphatic rings. The maximum absolute atomic E-state index is 12.2. The zero-order valence-electron chi connectivity index (χ0n) is 14.9. The predicted octanol–water partition coefficient (Wildman–Crippen LogP) is 3.19. The van der Waals surface area contributed by atoms with Crippen LogP contribution < -0.4 is 0 Å². The van der Waals surface area contributed by atoms with E-state index in [2.05, 4.69) is 24.0 Å². The van der Waals surface area contributed by atoms with Crippen LogP contribution >= 0.6 is 0 Å². The van der Waals surface area contributed by atoms with Gasteiger partial charge in [0.1, 0.15) is 6.61 Å². The Balaban J connectivity index is 1.74. The molecule has 132 valence electrons. The fourth-order valence-corrected chi connectivity index (χ4v) is 3.17. The minimum atomic E-state index is 0.0689. The number of likely N-dealkylation sites (tertiary alicyclic amines) is 1. The fourth-order valence-electron chi connectivity index (χ4n) is 3.17. The number of amides is 1. The summed E-state index contributed by atoms with van der Waals surface area (Å²) in [7, 11) is 0. The molecule has 0 aliphatic carbocycles. The molecule has 1 amide bonds. The van der Waals surface area contributed by atoms with Gasteiger partial charge in [-0.2, -0.15) is 0 Å². The molecule has 0 spiro atoms. The maximum atomic E-state index is 12.2. The lowest BCUT2D eigenvalue weighted by Crippen LogP contribution is -2.41. The summed E-state index contributed by atoms with van der Waals surface area (Å²) >= 11 is 0. The number of carbonyl (C=O) groups excluding carboxylic acids is 1. The van der Waals surface area contributed by atoms with Crippen LogP contribution in [0.1, 0.15) is 36.9 Å². The molecular formula is C20H25N3O2. The molecule has 0 N–H and O–H groups in total. The van der Waals surface area contributed by atoms with E-state index >= 15 is 0 Å². The average Bonchev–Trinajstić information content (AvgIpc) is 2.67. The van der Waals surface area contributed by atoms with Crippen molar-refractivity contribution < 1.29 is 9.53 Å². The second kappa shape index (κ2) is 8.21. The molecule has 1 fully saturated rings. The quantitative estimate of drug-likeness (QED) is 0.839. The highest BCUT2D eigenvalue weighted by Crippen LogP contribution is 2.27. The highest BCUT2D eigenvalue weighted by molar-refractivity contribution is 5.77.